The van der Waals surface area contributed by atoms with Gasteiger partial charge >= 0.3 is 5.97 Å². The molecule has 0 atom stereocenters. The van der Waals surface area contributed by atoms with Crippen molar-refractivity contribution in [2.45, 2.75) is 0 Å². The number of rotatable bonds is 6. The smallest absolute Gasteiger partial charge is 0.338 e. The number of aliphatic carboxylic acids is 1. The normalized spacial score (nSPS) is 11.0. The number of carboxylic acids is 1. The summed E-state index contributed by atoms with van der Waals surface area (Å²) < 4.78 is 10.4. The van der Waals surface area contributed by atoms with Gasteiger partial charge in [0, 0.05) is 4.91 Å². The number of allylic oxidation sites excluding steroid dienone is 2. The van der Waals surface area contributed by atoms with Gasteiger partial charge in [0.15, 0.2) is 0 Å². The van der Waals surface area contributed by atoms with Crippen molar-refractivity contribution >= 4 is 12.0 Å². The van der Waals surface area contributed by atoms with Gasteiger partial charge in [0.2, 0.25) is 0 Å². The van der Waals surface area contributed by atoms with Crippen LogP contribution in [0.25, 0.3) is 16.5 Å². The SMILES string of the molecule is COc1cccc(OC)c1C=CC=C(N=[N+]=[N-])C(=O)O. The average molecular weight is 275 g/mol. The Hall–Kier alpha value is -2.92. The molecular formula is C13H13N3O4. The maximum Gasteiger partial charge on any atom is 0.338 e. The summed E-state index contributed by atoms with van der Waals surface area (Å²) in [5, 5.41) is 11.9. The molecular weight excluding hydrogens is 262 g/mol. The van der Waals surface area contributed by atoms with Gasteiger partial charge in [-0.05, 0) is 29.8 Å². The summed E-state index contributed by atoms with van der Waals surface area (Å²) in [6.45, 7) is 0. The van der Waals surface area contributed by atoms with Gasteiger partial charge < -0.3 is 14.6 Å². The van der Waals surface area contributed by atoms with Crippen molar-refractivity contribution in [2.24, 2.45) is 5.11 Å². The molecule has 7 nitrogen and oxygen atoms in total. The fraction of sp³-hybridized carbons (Fsp3) is 0.154. The Morgan fingerprint density at radius 2 is 1.95 bits per heavy atom. The molecule has 0 amide bonds. The predicted octanol–water partition coefficient (Wildman–Crippen LogP) is 3.00. The van der Waals surface area contributed by atoms with Crippen molar-refractivity contribution < 1.29 is 19.4 Å². The Bertz CT molecular complexity index is 575. The molecule has 1 rings (SSSR count). The quantitative estimate of drug-likeness (QED) is 0.283. The van der Waals surface area contributed by atoms with Gasteiger partial charge in [0.25, 0.3) is 0 Å². The molecule has 7 heteroatoms. The lowest BCUT2D eigenvalue weighted by Crippen LogP contribution is -1.96. The highest BCUT2D eigenvalue weighted by molar-refractivity contribution is 5.86. The van der Waals surface area contributed by atoms with Gasteiger partial charge in [-0.1, -0.05) is 17.3 Å². The van der Waals surface area contributed by atoms with Gasteiger partial charge in [-0.3, -0.25) is 0 Å². The first-order valence-electron chi connectivity index (χ1n) is 5.51. The number of hydrogen-bond acceptors (Lipinski definition) is 4. The van der Waals surface area contributed by atoms with E-state index in [0.717, 1.165) is 0 Å². The second-order valence-corrected chi connectivity index (χ2v) is 3.48. The fourth-order valence-corrected chi connectivity index (χ4v) is 1.48. The van der Waals surface area contributed by atoms with E-state index in [1.165, 1.54) is 26.4 Å². The van der Waals surface area contributed by atoms with Crippen LogP contribution in [0.5, 0.6) is 11.5 Å². The number of azide groups is 1. The summed E-state index contributed by atoms with van der Waals surface area (Å²) >= 11 is 0. The third-order valence-corrected chi connectivity index (χ3v) is 2.35. The first-order chi connectivity index (χ1) is 9.63. The van der Waals surface area contributed by atoms with Crippen molar-refractivity contribution in [2.75, 3.05) is 14.2 Å². The highest BCUT2D eigenvalue weighted by atomic mass is 16.5. The maximum atomic E-state index is 10.8. The summed E-state index contributed by atoms with van der Waals surface area (Å²) in [4.78, 5) is 13.2. The summed E-state index contributed by atoms with van der Waals surface area (Å²) in [5.41, 5.74) is 8.50. The summed E-state index contributed by atoms with van der Waals surface area (Å²) in [6.07, 6.45) is 4.24. The molecule has 0 unspecified atom stereocenters. The van der Waals surface area contributed by atoms with E-state index >= 15 is 0 Å². The lowest BCUT2D eigenvalue weighted by molar-refractivity contribution is -0.132. The number of methoxy groups -OCH3 is 2. The molecule has 1 N–H and O–H groups in total. The molecule has 0 aliphatic rings. The number of nitrogens with zero attached hydrogens (tertiary/aromatic N) is 3. The van der Waals surface area contributed by atoms with Crippen molar-refractivity contribution in [3.8, 4) is 11.5 Å². The topological polar surface area (TPSA) is 105 Å². The zero-order chi connectivity index (χ0) is 15.0. The van der Waals surface area contributed by atoms with E-state index < -0.39 is 11.7 Å². The van der Waals surface area contributed by atoms with E-state index in [9.17, 15) is 4.79 Å². The van der Waals surface area contributed by atoms with Crippen LogP contribution in [-0.4, -0.2) is 25.3 Å². The van der Waals surface area contributed by atoms with Crippen LogP contribution in [0.1, 0.15) is 5.56 Å². The van der Waals surface area contributed by atoms with Gasteiger partial charge in [-0.25, -0.2) is 4.79 Å². The molecule has 0 saturated carbocycles. The molecule has 104 valence electrons. The largest absolute Gasteiger partial charge is 0.496 e. The molecule has 0 aliphatic heterocycles. The molecule has 0 aromatic heterocycles. The Labute approximate surface area is 115 Å². The number of hydrogen-bond donors (Lipinski definition) is 1. The highest BCUT2D eigenvalue weighted by Crippen LogP contribution is 2.29. The summed E-state index contributed by atoms with van der Waals surface area (Å²) in [7, 11) is 3.04. The van der Waals surface area contributed by atoms with Crippen LogP contribution < -0.4 is 9.47 Å². The van der Waals surface area contributed by atoms with Gasteiger partial charge in [0.05, 0.1) is 19.8 Å². The average Bonchev–Trinajstić information content (AvgIpc) is 2.46. The molecule has 0 fully saturated rings. The molecule has 1 aromatic rings. The molecule has 0 bridgehead atoms. The second kappa shape index (κ2) is 7.50. The van der Waals surface area contributed by atoms with Gasteiger partial charge in [-0.2, -0.15) is 0 Å². The van der Waals surface area contributed by atoms with Crippen LogP contribution in [-0.2, 0) is 4.79 Å². The van der Waals surface area contributed by atoms with Crippen molar-refractivity contribution in [3.63, 3.8) is 0 Å². The third kappa shape index (κ3) is 3.79. The monoisotopic (exact) mass is 275 g/mol. The zero-order valence-corrected chi connectivity index (χ0v) is 11.0. The Morgan fingerprint density at radius 1 is 1.35 bits per heavy atom. The zero-order valence-electron chi connectivity index (χ0n) is 11.0. The van der Waals surface area contributed by atoms with Crippen LogP contribution in [0.2, 0.25) is 0 Å². The Morgan fingerprint density at radius 3 is 2.40 bits per heavy atom. The molecule has 0 aliphatic carbocycles. The highest BCUT2D eigenvalue weighted by Gasteiger charge is 2.06. The first kappa shape index (κ1) is 15.1. The third-order valence-electron chi connectivity index (χ3n) is 2.35. The lowest BCUT2D eigenvalue weighted by atomic mass is 10.1. The fourth-order valence-electron chi connectivity index (χ4n) is 1.48. The predicted molar refractivity (Wildman–Crippen MR) is 73.4 cm³/mol. The first-order valence-corrected chi connectivity index (χ1v) is 5.51. The number of carboxylic acid groups (broad SMARTS) is 1. The van der Waals surface area contributed by atoms with Gasteiger partial charge in [-0.15, -0.1) is 0 Å². The van der Waals surface area contributed by atoms with Crippen LogP contribution in [0.3, 0.4) is 0 Å². The van der Waals surface area contributed by atoms with E-state index in [1.54, 1.807) is 24.3 Å². The standard InChI is InChI=1S/C13H13N3O4/c1-19-11-7-4-8-12(20-2)9(11)5-3-6-10(13(17)18)15-16-14/h3-8H,1-2H3,(H,17,18). The van der Waals surface area contributed by atoms with E-state index in [2.05, 4.69) is 10.0 Å². The Balaban J connectivity index is 3.15. The molecule has 0 heterocycles. The van der Waals surface area contributed by atoms with E-state index in [0.29, 0.717) is 17.1 Å². The molecule has 0 spiro atoms. The van der Waals surface area contributed by atoms with Crippen LogP contribution >= 0.6 is 0 Å². The van der Waals surface area contributed by atoms with Crippen molar-refractivity contribution in [3.05, 3.63) is 52.1 Å². The molecule has 20 heavy (non-hydrogen) atoms. The van der Waals surface area contributed by atoms with Gasteiger partial charge in [0.1, 0.15) is 17.2 Å². The van der Waals surface area contributed by atoms with Crippen LogP contribution in [0.15, 0.2) is 41.2 Å². The summed E-state index contributed by atoms with van der Waals surface area (Å²) in [5.74, 6) is -0.149. The maximum absolute atomic E-state index is 10.8. The second-order valence-electron chi connectivity index (χ2n) is 3.48. The molecule has 0 radical (unpaired) electrons. The summed E-state index contributed by atoms with van der Waals surface area (Å²) in [6, 6.07) is 5.27. The minimum absolute atomic E-state index is 0.405. The van der Waals surface area contributed by atoms with E-state index in [4.69, 9.17) is 20.1 Å². The number of benzene rings is 1. The minimum atomic E-state index is -1.31. The molecule has 1 aromatic carbocycles. The van der Waals surface area contributed by atoms with Crippen LogP contribution in [0.4, 0.5) is 0 Å². The minimum Gasteiger partial charge on any atom is -0.496 e. The number of carbonyl (C=O) groups is 1. The lowest BCUT2D eigenvalue weighted by Gasteiger charge is -2.09. The van der Waals surface area contributed by atoms with Crippen molar-refractivity contribution in [1.82, 2.24) is 0 Å². The van der Waals surface area contributed by atoms with E-state index in [1.807, 2.05) is 0 Å². The molecule has 0 saturated heterocycles. The Kier molecular flexibility index (Phi) is 5.68. The van der Waals surface area contributed by atoms with E-state index in [-0.39, 0.29) is 0 Å². The van der Waals surface area contributed by atoms with Crippen molar-refractivity contribution in [1.29, 1.82) is 0 Å². The number of ether oxygens (including phenoxy) is 2. The van der Waals surface area contributed by atoms with Crippen LogP contribution in [0, 0.1) is 0 Å².